The Morgan fingerprint density at radius 1 is 1.64 bits per heavy atom. The van der Waals surface area contributed by atoms with Crippen molar-refractivity contribution in [3.8, 4) is 0 Å². The van der Waals surface area contributed by atoms with Crippen molar-refractivity contribution in [3.05, 3.63) is 16.3 Å². The number of hydrogen-bond acceptors (Lipinski definition) is 4. The van der Waals surface area contributed by atoms with Gasteiger partial charge in [0.05, 0.1) is 10.9 Å². The van der Waals surface area contributed by atoms with E-state index in [1.165, 1.54) is 15.6 Å². The highest BCUT2D eigenvalue weighted by Gasteiger charge is 2.34. The topological polar surface area (TPSA) is 49.4 Å². The van der Waals surface area contributed by atoms with E-state index in [4.69, 9.17) is 0 Å². The first-order chi connectivity index (χ1) is 6.57. The normalized spacial score (nSPS) is 26.0. The lowest BCUT2D eigenvalue weighted by Gasteiger charge is -2.28. The molecule has 1 atom stereocenters. The van der Waals surface area contributed by atoms with Crippen LogP contribution in [-0.2, 0) is 10.0 Å². The minimum Gasteiger partial charge on any atom is -0.311 e. The molecule has 0 spiro atoms. The summed E-state index contributed by atoms with van der Waals surface area (Å²) < 4.78 is 25.1. The Kier molecular flexibility index (Phi) is 2.38. The summed E-state index contributed by atoms with van der Waals surface area (Å²) in [5.41, 5.74) is 0. The molecule has 1 N–H and O–H groups in total. The van der Waals surface area contributed by atoms with Gasteiger partial charge in [0.15, 0.2) is 0 Å². The minimum atomic E-state index is -3.22. The third-order valence-corrected chi connectivity index (χ3v) is 5.49. The Morgan fingerprint density at radius 2 is 2.36 bits per heavy atom. The van der Waals surface area contributed by atoms with Gasteiger partial charge in [-0.05, 0) is 18.5 Å². The maximum atomic E-state index is 11.8. The molecule has 2 rings (SSSR count). The molecular weight excluding hydrogens is 220 g/mol. The van der Waals surface area contributed by atoms with E-state index >= 15 is 0 Å². The zero-order valence-electron chi connectivity index (χ0n) is 8.02. The summed E-state index contributed by atoms with van der Waals surface area (Å²) in [6.07, 6.45) is 0. The van der Waals surface area contributed by atoms with Crippen LogP contribution in [0, 0.1) is 0 Å². The smallest absolute Gasteiger partial charge is 0.244 e. The number of hydrogen-bond donors (Lipinski definition) is 1. The summed E-state index contributed by atoms with van der Waals surface area (Å²) in [4.78, 5) is 1.38. The van der Waals surface area contributed by atoms with E-state index in [-0.39, 0.29) is 6.04 Å². The predicted molar refractivity (Wildman–Crippen MR) is 55.9 cm³/mol. The van der Waals surface area contributed by atoms with E-state index in [9.17, 15) is 8.42 Å². The van der Waals surface area contributed by atoms with Gasteiger partial charge in [0.1, 0.15) is 0 Å². The van der Waals surface area contributed by atoms with Gasteiger partial charge in [-0.15, -0.1) is 11.3 Å². The molecule has 0 fully saturated rings. The Labute approximate surface area is 87.6 Å². The standard InChI is InChI=1S/C8H12N2O2S2/c1-9-6-5-10(2)14(11,12)7-3-4-13-8(6)7/h3-4,6,9H,5H2,1-2H3. The van der Waals surface area contributed by atoms with E-state index in [0.717, 1.165) is 4.88 Å². The van der Waals surface area contributed by atoms with Gasteiger partial charge >= 0.3 is 0 Å². The summed E-state index contributed by atoms with van der Waals surface area (Å²) in [5, 5.41) is 4.94. The fourth-order valence-corrected chi connectivity index (χ4v) is 4.36. The fourth-order valence-electron chi connectivity index (χ4n) is 1.60. The minimum absolute atomic E-state index is 0.124. The van der Waals surface area contributed by atoms with Gasteiger partial charge in [-0.3, -0.25) is 0 Å². The van der Waals surface area contributed by atoms with Crippen molar-refractivity contribution < 1.29 is 8.42 Å². The lowest BCUT2D eigenvalue weighted by atomic mass is 10.2. The van der Waals surface area contributed by atoms with Crippen LogP contribution in [0.15, 0.2) is 16.3 Å². The number of sulfonamides is 1. The molecule has 0 saturated carbocycles. The summed E-state index contributed by atoms with van der Waals surface area (Å²) in [5.74, 6) is 0. The van der Waals surface area contributed by atoms with Crippen LogP contribution in [0.25, 0.3) is 0 Å². The molecule has 1 aromatic rings. The van der Waals surface area contributed by atoms with Crippen molar-refractivity contribution in [2.75, 3.05) is 20.6 Å². The van der Waals surface area contributed by atoms with E-state index in [1.807, 2.05) is 12.4 Å². The molecule has 0 aromatic carbocycles. The van der Waals surface area contributed by atoms with E-state index in [1.54, 1.807) is 13.1 Å². The lowest BCUT2D eigenvalue weighted by Crippen LogP contribution is -2.39. The summed E-state index contributed by atoms with van der Waals surface area (Å²) in [7, 11) is 0.242. The number of fused-ring (bicyclic) bond motifs is 1. The molecule has 78 valence electrons. The van der Waals surface area contributed by atoms with Crippen molar-refractivity contribution >= 4 is 21.4 Å². The van der Waals surface area contributed by atoms with E-state index < -0.39 is 10.0 Å². The van der Waals surface area contributed by atoms with Crippen LogP contribution in [0.4, 0.5) is 0 Å². The van der Waals surface area contributed by atoms with E-state index in [2.05, 4.69) is 5.32 Å². The molecular formula is C8H12N2O2S2. The van der Waals surface area contributed by atoms with Crippen LogP contribution in [0.2, 0.25) is 0 Å². The van der Waals surface area contributed by atoms with Gasteiger partial charge in [0, 0.05) is 18.5 Å². The van der Waals surface area contributed by atoms with Crippen LogP contribution >= 0.6 is 11.3 Å². The van der Waals surface area contributed by atoms with Crippen molar-refractivity contribution in [2.24, 2.45) is 0 Å². The number of thiophene rings is 1. The predicted octanol–water partition coefficient (Wildman–Crippen LogP) is 0.643. The van der Waals surface area contributed by atoms with Gasteiger partial charge in [-0.1, -0.05) is 0 Å². The van der Waals surface area contributed by atoms with Gasteiger partial charge in [-0.2, -0.15) is 4.31 Å². The maximum absolute atomic E-state index is 11.8. The lowest BCUT2D eigenvalue weighted by molar-refractivity contribution is 0.396. The summed E-state index contributed by atoms with van der Waals surface area (Å²) in [6, 6.07) is 1.80. The second-order valence-electron chi connectivity index (χ2n) is 3.28. The second kappa shape index (κ2) is 3.30. The van der Waals surface area contributed by atoms with Crippen LogP contribution in [0.1, 0.15) is 10.9 Å². The Hall–Kier alpha value is -0.430. The zero-order chi connectivity index (χ0) is 10.3. The van der Waals surface area contributed by atoms with Gasteiger partial charge in [-0.25, -0.2) is 8.42 Å². The molecule has 2 heterocycles. The number of rotatable bonds is 1. The van der Waals surface area contributed by atoms with Crippen molar-refractivity contribution in [1.82, 2.24) is 9.62 Å². The van der Waals surface area contributed by atoms with Gasteiger partial charge in [0.25, 0.3) is 0 Å². The van der Waals surface area contributed by atoms with Crippen LogP contribution < -0.4 is 5.32 Å². The molecule has 0 saturated heterocycles. The molecule has 4 nitrogen and oxygen atoms in total. The molecule has 6 heteroatoms. The molecule has 0 aliphatic carbocycles. The SMILES string of the molecule is CNC1CN(C)S(=O)(=O)c2ccsc21. The average Bonchev–Trinajstić information content (AvgIpc) is 2.61. The highest BCUT2D eigenvalue weighted by molar-refractivity contribution is 7.89. The highest BCUT2D eigenvalue weighted by atomic mass is 32.2. The largest absolute Gasteiger partial charge is 0.311 e. The molecule has 0 amide bonds. The fraction of sp³-hybridized carbons (Fsp3) is 0.500. The summed E-state index contributed by atoms with van der Waals surface area (Å²) in [6.45, 7) is 0.506. The first-order valence-electron chi connectivity index (χ1n) is 4.28. The third kappa shape index (κ3) is 1.30. The molecule has 0 radical (unpaired) electrons. The molecule has 1 aromatic heterocycles. The van der Waals surface area contributed by atoms with E-state index in [0.29, 0.717) is 11.4 Å². The Morgan fingerprint density at radius 3 is 3.00 bits per heavy atom. The first-order valence-corrected chi connectivity index (χ1v) is 6.60. The molecule has 1 aliphatic heterocycles. The Bertz CT molecular complexity index is 438. The highest BCUT2D eigenvalue weighted by Crippen LogP contribution is 2.34. The monoisotopic (exact) mass is 232 g/mol. The zero-order valence-corrected chi connectivity index (χ0v) is 9.65. The molecule has 1 aliphatic rings. The van der Waals surface area contributed by atoms with Crippen LogP contribution in [0.5, 0.6) is 0 Å². The number of likely N-dealkylation sites (N-methyl/N-ethyl adjacent to an activating group) is 2. The second-order valence-corrected chi connectivity index (χ2v) is 6.24. The van der Waals surface area contributed by atoms with Crippen molar-refractivity contribution in [2.45, 2.75) is 10.9 Å². The van der Waals surface area contributed by atoms with Crippen LogP contribution in [0.3, 0.4) is 0 Å². The molecule has 14 heavy (non-hydrogen) atoms. The van der Waals surface area contributed by atoms with Gasteiger partial charge < -0.3 is 5.32 Å². The van der Waals surface area contributed by atoms with Crippen molar-refractivity contribution in [3.63, 3.8) is 0 Å². The number of nitrogens with one attached hydrogen (secondary N) is 1. The summed E-state index contributed by atoms with van der Waals surface area (Å²) >= 11 is 1.49. The van der Waals surface area contributed by atoms with Gasteiger partial charge in [0.2, 0.25) is 10.0 Å². The maximum Gasteiger partial charge on any atom is 0.244 e. The van der Waals surface area contributed by atoms with Crippen LogP contribution in [-0.4, -0.2) is 33.4 Å². The quantitative estimate of drug-likeness (QED) is 0.773. The molecule has 1 unspecified atom stereocenters. The average molecular weight is 232 g/mol. The number of nitrogens with zero attached hydrogens (tertiary/aromatic N) is 1. The third-order valence-electron chi connectivity index (χ3n) is 2.45. The first kappa shape index (κ1) is 10.1. The van der Waals surface area contributed by atoms with Crippen molar-refractivity contribution in [1.29, 1.82) is 0 Å². The Balaban J connectivity index is 2.59. The molecule has 0 bridgehead atoms.